The molecule has 6 nitrogen and oxygen atoms in total. The molecule has 8 heteroatoms. The van der Waals surface area contributed by atoms with Crippen LogP contribution >= 0.6 is 35.3 Å². The quantitative estimate of drug-likeness (QED) is 0.216. The van der Waals surface area contributed by atoms with Crippen molar-refractivity contribution < 1.29 is 9.47 Å². The number of hydrogen-bond acceptors (Lipinski definition) is 5. The van der Waals surface area contributed by atoms with Crippen LogP contribution < -0.4 is 20.5 Å². The first-order valence-corrected chi connectivity index (χ1v) is 10.5. The van der Waals surface area contributed by atoms with Crippen LogP contribution in [-0.2, 0) is 13.0 Å². The van der Waals surface area contributed by atoms with E-state index in [1.165, 1.54) is 4.88 Å². The second-order valence-corrected chi connectivity index (χ2v) is 7.38. The first kappa shape index (κ1) is 23.9. The number of rotatable bonds is 10. The van der Waals surface area contributed by atoms with E-state index in [9.17, 15) is 0 Å². The fourth-order valence-electron chi connectivity index (χ4n) is 2.57. The van der Waals surface area contributed by atoms with Gasteiger partial charge in [0, 0.05) is 23.2 Å². The highest BCUT2D eigenvalue weighted by Gasteiger charge is 2.07. The standard InChI is InChI=1S/C22H26N4O2S.HI/c1-2-14-27-18-7-9-19(10-8-18)28-21-17(5-3-12-24-21)16-26-22(23)25-13-11-20-6-4-15-29-20;/h3-10,12,15H,2,11,13-14,16H2,1H3,(H3,23,25,26);1H. The third-order valence-corrected chi connectivity index (χ3v) is 4.97. The Morgan fingerprint density at radius 2 is 1.93 bits per heavy atom. The van der Waals surface area contributed by atoms with Gasteiger partial charge >= 0.3 is 0 Å². The minimum atomic E-state index is 0. The fraction of sp³-hybridized carbons (Fsp3) is 0.273. The van der Waals surface area contributed by atoms with Crippen LogP contribution in [0.1, 0.15) is 23.8 Å². The number of hydrogen-bond donors (Lipinski definition) is 2. The van der Waals surface area contributed by atoms with Gasteiger partial charge in [0.25, 0.3) is 0 Å². The van der Waals surface area contributed by atoms with Gasteiger partial charge in [-0.1, -0.05) is 19.1 Å². The van der Waals surface area contributed by atoms with Crippen LogP contribution in [0.25, 0.3) is 0 Å². The van der Waals surface area contributed by atoms with Crippen LogP contribution in [0.15, 0.2) is 65.1 Å². The number of nitrogens with one attached hydrogen (secondary N) is 1. The molecule has 0 radical (unpaired) electrons. The van der Waals surface area contributed by atoms with Crippen molar-refractivity contribution in [3.05, 3.63) is 70.5 Å². The molecule has 0 bridgehead atoms. The summed E-state index contributed by atoms with van der Waals surface area (Å²) in [6, 6.07) is 15.5. The maximum atomic E-state index is 5.99. The Bertz CT molecular complexity index is 902. The molecule has 3 rings (SSSR count). The lowest BCUT2D eigenvalue weighted by Gasteiger charge is -2.10. The number of nitrogens with zero attached hydrogens (tertiary/aromatic N) is 2. The number of pyridine rings is 1. The van der Waals surface area contributed by atoms with Crippen molar-refractivity contribution in [1.29, 1.82) is 0 Å². The minimum absolute atomic E-state index is 0. The van der Waals surface area contributed by atoms with Gasteiger partial charge < -0.3 is 20.5 Å². The van der Waals surface area contributed by atoms with Crippen LogP contribution in [-0.4, -0.2) is 24.1 Å². The summed E-state index contributed by atoms with van der Waals surface area (Å²) in [6.07, 6.45) is 3.60. The molecule has 0 amide bonds. The lowest BCUT2D eigenvalue weighted by atomic mass is 10.2. The monoisotopic (exact) mass is 538 g/mol. The van der Waals surface area contributed by atoms with Gasteiger partial charge in [0.05, 0.1) is 13.2 Å². The average molecular weight is 538 g/mol. The molecule has 0 aliphatic heterocycles. The highest BCUT2D eigenvalue weighted by molar-refractivity contribution is 14.0. The normalized spacial score (nSPS) is 10.9. The molecule has 0 aliphatic rings. The largest absolute Gasteiger partial charge is 0.494 e. The maximum absolute atomic E-state index is 5.99. The van der Waals surface area contributed by atoms with E-state index in [0.717, 1.165) is 30.7 Å². The zero-order valence-corrected chi connectivity index (χ0v) is 20.1. The van der Waals surface area contributed by atoms with Gasteiger partial charge in [0.15, 0.2) is 5.96 Å². The molecule has 0 atom stereocenters. The third kappa shape index (κ3) is 7.83. The number of thiophene rings is 1. The predicted octanol–water partition coefficient (Wildman–Crippen LogP) is 4.99. The smallest absolute Gasteiger partial charge is 0.224 e. The van der Waals surface area contributed by atoms with E-state index in [-0.39, 0.29) is 24.0 Å². The molecular weight excluding hydrogens is 511 g/mol. The molecule has 1 aromatic carbocycles. The summed E-state index contributed by atoms with van der Waals surface area (Å²) in [5, 5.41) is 5.21. The van der Waals surface area contributed by atoms with E-state index in [0.29, 0.717) is 30.7 Å². The van der Waals surface area contributed by atoms with Crippen molar-refractivity contribution >= 4 is 41.3 Å². The van der Waals surface area contributed by atoms with Crippen molar-refractivity contribution in [2.45, 2.75) is 26.3 Å². The lowest BCUT2D eigenvalue weighted by molar-refractivity contribution is 0.317. The third-order valence-electron chi connectivity index (χ3n) is 4.04. The van der Waals surface area contributed by atoms with Crippen LogP contribution in [0.2, 0.25) is 0 Å². The molecule has 0 unspecified atom stereocenters. The maximum Gasteiger partial charge on any atom is 0.224 e. The van der Waals surface area contributed by atoms with Crippen molar-refractivity contribution in [3.63, 3.8) is 0 Å². The van der Waals surface area contributed by atoms with Gasteiger partial charge in [-0.3, -0.25) is 0 Å². The summed E-state index contributed by atoms with van der Waals surface area (Å²) >= 11 is 1.74. The Balaban J connectivity index is 0.00000320. The summed E-state index contributed by atoms with van der Waals surface area (Å²) in [5.74, 6) is 2.45. The molecule has 0 saturated carbocycles. The van der Waals surface area contributed by atoms with Gasteiger partial charge in [-0.05, 0) is 54.6 Å². The second kappa shape index (κ2) is 13.1. The average Bonchev–Trinajstić information content (AvgIpc) is 3.26. The van der Waals surface area contributed by atoms with Gasteiger partial charge in [0.2, 0.25) is 5.88 Å². The van der Waals surface area contributed by atoms with E-state index in [1.54, 1.807) is 17.5 Å². The molecule has 30 heavy (non-hydrogen) atoms. The summed E-state index contributed by atoms with van der Waals surface area (Å²) in [7, 11) is 0. The van der Waals surface area contributed by atoms with Crippen LogP contribution in [0.4, 0.5) is 0 Å². The molecule has 2 heterocycles. The number of halogens is 1. The SMILES string of the molecule is CCCOc1ccc(Oc2ncccc2CN=C(N)NCCc2cccs2)cc1.I. The molecule has 3 N–H and O–H groups in total. The number of aliphatic imine (C=N–C) groups is 1. The van der Waals surface area contributed by atoms with E-state index in [2.05, 4.69) is 33.7 Å². The zero-order chi connectivity index (χ0) is 20.3. The summed E-state index contributed by atoms with van der Waals surface area (Å²) in [6.45, 7) is 3.91. The molecule has 3 aromatic rings. The van der Waals surface area contributed by atoms with E-state index in [4.69, 9.17) is 15.2 Å². The Morgan fingerprint density at radius 3 is 2.67 bits per heavy atom. The van der Waals surface area contributed by atoms with Gasteiger partial charge in [-0.25, -0.2) is 9.98 Å². The Hall–Kier alpha value is -2.33. The Labute approximate surface area is 198 Å². The molecule has 0 saturated heterocycles. The summed E-state index contributed by atoms with van der Waals surface area (Å²) in [5.41, 5.74) is 6.85. The van der Waals surface area contributed by atoms with Gasteiger partial charge in [-0.15, -0.1) is 35.3 Å². The Morgan fingerprint density at radius 1 is 1.13 bits per heavy atom. The van der Waals surface area contributed by atoms with Crippen molar-refractivity contribution in [2.24, 2.45) is 10.7 Å². The number of benzene rings is 1. The highest BCUT2D eigenvalue weighted by atomic mass is 127. The van der Waals surface area contributed by atoms with Crippen molar-refractivity contribution in [1.82, 2.24) is 10.3 Å². The second-order valence-electron chi connectivity index (χ2n) is 6.35. The first-order valence-electron chi connectivity index (χ1n) is 9.65. The topological polar surface area (TPSA) is 81.8 Å². The van der Waals surface area contributed by atoms with E-state index >= 15 is 0 Å². The minimum Gasteiger partial charge on any atom is -0.494 e. The first-order chi connectivity index (χ1) is 14.2. The zero-order valence-electron chi connectivity index (χ0n) is 16.9. The lowest BCUT2D eigenvalue weighted by Crippen LogP contribution is -2.33. The number of aromatic nitrogens is 1. The predicted molar refractivity (Wildman–Crippen MR) is 133 cm³/mol. The Kier molecular flexibility index (Phi) is 10.4. The molecule has 160 valence electrons. The molecular formula is C22H27IN4O2S. The molecule has 0 fully saturated rings. The van der Waals surface area contributed by atoms with Crippen molar-refractivity contribution in [3.8, 4) is 17.4 Å². The van der Waals surface area contributed by atoms with Crippen LogP contribution in [0.5, 0.6) is 17.4 Å². The van der Waals surface area contributed by atoms with Gasteiger partial charge in [0.1, 0.15) is 11.5 Å². The van der Waals surface area contributed by atoms with Crippen LogP contribution in [0, 0.1) is 0 Å². The van der Waals surface area contributed by atoms with E-state index < -0.39 is 0 Å². The van der Waals surface area contributed by atoms with Crippen LogP contribution in [0.3, 0.4) is 0 Å². The highest BCUT2D eigenvalue weighted by Crippen LogP contribution is 2.25. The molecule has 0 aliphatic carbocycles. The fourth-order valence-corrected chi connectivity index (χ4v) is 3.28. The molecule has 0 spiro atoms. The van der Waals surface area contributed by atoms with Gasteiger partial charge in [-0.2, -0.15) is 0 Å². The van der Waals surface area contributed by atoms with Crippen molar-refractivity contribution in [2.75, 3.05) is 13.2 Å². The number of guanidine groups is 1. The molecule has 2 aromatic heterocycles. The number of nitrogens with two attached hydrogens (primary N) is 1. The number of ether oxygens (including phenoxy) is 2. The summed E-state index contributed by atoms with van der Waals surface area (Å²) in [4.78, 5) is 10.1. The van der Waals surface area contributed by atoms with E-state index in [1.807, 2.05) is 42.5 Å². The summed E-state index contributed by atoms with van der Waals surface area (Å²) < 4.78 is 11.5.